The normalized spacial score (nSPS) is 10.7. The van der Waals surface area contributed by atoms with E-state index in [9.17, 15) is 0 Å². The van der Waals surface area contributed by atoms with Crippen LogP contribution >= 0.6 is 0 Å². The first-order chi connectivity index (χ1) is 7.45. The standard InChI is InChI=1S/C11H8N4/c1-2-4-10-9(3-1)7-14-15(10)11-5-6-12-8-13-11/h1-8H. The Balaban J connectivity index is 2.28. The van der Waals surface area contributed by atoms with Crippen molar-refractivity contribution in [1.29, 1.82) is 0 Å². The van der Waals surface area contributed by atoms with E-state index in [1.165, 1.54) is 6.33 Å². The van der Waals surface area contributed by atoms with Gasteiger partial charge in [0.15, 0.2) is 5.82 Å². The van der Waals surface area contributed by atoms with Gasteiger partial charge in [0.25, 0.3) is 0 Å². The fraction of sp³-hybridized carbons (Fsp3) is 0. The zero-order chi connectivity index (χ0) is 10.1. The zero-order valence-corrected chi connectivity index (χ0v) is 7.91. The summed E-state index contributed by atoms with van der Waals surface area (Å²) in [5, 5.41) is 5.40. The Kier molecular flexibility index (Phi) is 1.71. The molecule has 0 aliphatic heterocycles. The number of aromatic nitrogens is 4. The summed E-state index contributed by atoms with van der Waals surface area (Å²) in [5.74, 6) is 0.784. The number of benzene rings is 1. The molecule has 0 aliphatic rings. The third kappa shape index (κ3) is 1.27. The molecule has 15 heavy (non-hydrogen) atoms. The monoisotopic (exact) mass is 196 g/mol. The molecule has 1 aromatic carbocycles. The number of para-hydroxylation sites is 1. The fourth-order valence-electron chi connectivity index (χ4n) is 1.56. The Hall–Kier alpha value is -2.23. The smallest absolute Gasteiger partial charge is 0.157 e. The Morgan fingerprint density at radius 1 is 1.07 bits per heavy atom. The highest BCUT2D eigenvalue weighted by atomic mass is 15.3. The lowest BCUT2D eigenvalue weighted by molar-refractivity contribution is 0.866. The maximum absolute atomic E-state index is 4.29. The van der Waals surface area contributed by atoms with Crippen molar-refractivity contribution in [2.75, 3.05) is 0 Å². The third-order valence-corrected chi connectivity index (χ3v) is 2.26. The first-order valence-corrected chi connectivity index (χ1v) is 4.64. The van der Waals surface area contributed by atoms with Gasteiger partial charge in [0.1, 0.15) is 6.33 Å². The van der Waals surface area contributed by atoms with Crippen LogP contribution in [0.1, 0.15) is 0 Å². The highest BCUT2D eigenvalue weighted by Gasteiger charge is 2.03. The number of nitrogens with zero attached hydrogens (tertiary/aromatic N) is 4. The van der Waals surface area contributed by atoms with Crippen LogP contribution < -0.4 is 0 Å². The lowest BCUT2D eigenvalue weighted by Gasteiger charge is -2.00. The van der Waals surface area contributed by atoms with E-state index in [2.05, 4.69) is 15.1 Å². The summed E-state index contributed by atoms with van der Waals surface area (Å²) in [7, 11) is 0. The number of rotatable bonds is 1. The predicted octanol–water partition coefficient (Wildman–Crippen LogP) is 1.82. The van der Waals surface area contributed by atoms with E-state index in [0.717, 1.165) is 16.7 Å². The van der Waals surface area contributed by atoms with Gasteiger partial charge in [0.05, 0.1) is 11.7 Å². The fourth-order valence-corrected chi connectivity index (χ4v) is 1.56. The lowest BCUT2D eigenvalue weighted by atomic mass is 10.2. The third-order valence-electron chi connectivity index (χ3n) is 2.26. The van der Waals surface area contributed by atoms with Gasteiger partial charge in [-0.2, -0.15) is 5.10 Å². The van der Waals surface area contributed by atoms with Crippen molar-refractivity contribution in [3.05, 3.63) is 49.1 Å². The summed E-state index contributed by atoms with van der Waals surface area (Å²) in [6.45, 7) is 0. The molecule has 0 spiro atoms. The van der Waals surface area contributed by atoms with Gasteiger partial charge in [-0.3, -0.25) is 0 Å². The molecule has 0 aliphatic carbocycles. The molecule has 0 amide bonds. The minimum atomic E-state index is 0.784. The van der Waals surface area contributed by atoms with Crippen molar-refractivity contribution < 1.29 is 0 Å². The van der Waals surface area contributed by atoms with Crippen LogP contribution in [-0.4, -0.2) is 19.7 Å². The van der Waals surface area contributed by atoms with Crippen LogP contribution in [0.3, 0.4) is 0 Å². The van der Waals surface area contributed by atoms with Gasteiger partial charge < -0.3 is 0 Å². The number of hydrogen-bond donors (Lipinski definition) is 0. The van der Waals surface area contributed by atoms with Crippen molar-refractivity contribution in [3.63, 3.8) is 0 Å². The molecular formula is C11H8N4. The molecule has 3 aromatic rings. The molecule has 0 saturated heterocycles. The van der Waals surface area contributed by atoms with Crippen LogP contribution in [0.2, 0.25) is 0 Å². The second kappa shape index (κ2) is 3.16. The summed E-state index contributed by atoms with van der Waals surface area (Å²) >= 11 is 0. The maximum Gasteiger partial charge on any atom is 0.157 e. The average molecular weight is 196 g/mol. The first-order valence-electron chi connectivity index (χ1n) is 4.64. The van der Waals surface area contributed by atoms with E-state index in [1.807, 2.05) is 36.5 Å². The minimum Gasteiger partial charge on any atom is -0.245 e. The molecule has 2 heterocycles. The van der Waals surface area contributed by atoms with Gasteiger partial charge in [0, 0.05) is 17.6 Å². The van der Waals surface area contributed by atoms with Gasteiger partial charge in [-0.05, 0) is 6.07 Å². The number of fused-ring (bicyclic) bond motifs is 1. The van der Waals surface area contributed by atoms with Crippen LogP contribution in [0.15, 0.2) is 49.1 Å². The summed E-state index contributed by atoms with van der Waals surface area (Å²) < 4.78 is 1.80. The number of hydrogen-bond acceptors (Lipinski definition) is 3. The zero-order valence-electron chi connectivity index (χ0n) is 7.91. The Morgan fingerprint density at radius 2 is 2.00 bits per heavy atom. The van der Waals surface area contributed by atoms with E-state index in [0.29, 0.717) is 0 Å². The van der Waals surface area contributed by atoms with E-state index >= 15 is 0 Å². The van der Waals surface area contributed by atoms with E-state index in [1.54, 1.807) is 10.9 Å². The van der Waals surface area contributed by atoms with Crippen LogP contribution in [0.5, 0.6) is 0 Å². The topological polar surface area (TPSA) is 43.6 Å². The summed E-state index contributed by atoms with van der Waals surface area (Å²) in [5.41, 5.74) is 1.05. The summed E-state index contributed by atoms with van der Waals surface area (Å²) in [6.07, 6.45) is 5.06. The van der Waals surface area contributed by atoms with Crippen molar-refractivity contribution in [2.45, 2.75) is 0 Å². The van der Waals surface area contributed by atoms with Crippen molar-refractivity contribution in [2.24, 2.45) is 0 Å². The summed E-state index contributed by atoms with van der Waals surface area (Å²) in [4.78, 5) is 8.04. The van der Waals surface area contributed by atoms with Crippen LogP contribution in [0, 0.1) is 0 Å². The van der Waals surface area contributed by atoms with Gasteiger partial charge in [-0.1, -0.05) is 18.2 Å². The van der Waals surface area contributed by atoms with E-state index < -0.39 is 0 Å². The van der Waals surface area contributed by atoms with Crippen LogP contribution in [0.4, 0.5) is 0 Å². The molecule has 0 unspecified atom stereocenters. The SMILES string of the molecule is c1ccc2c(c1)cnn2-c1ccncn1. The van der Waals surface area contributed by atoms with Gasteiger partial charge >= 0.3 is 0 Å². The van der Waals surface area contributed by atoms with Gasteiger partial charge in [0.2, 0.25) is 0 Å². The highest BCUT2D eigenvalue weighted by molar-refractivity contribution is 5.79. The van der Waals surface area contributed by atoms with E-state index in [-0.39, 0.29) is 0 Å². The van der Waals surface area contributed by atoms with Crippen molar-refractivity contribution >= 4 is 10.9 Å². The summed E-state index contributed by atoms with van der Waals surface area (Å²) in [6, 6.07) is 9.86. The van der Waals surface area contributed by atoms with Crippen LogP contribution in [0.25, 0.3) is 16.7 Å². The average Bonchev–Trinajstić information content (AvgIpc) is 2.74. The van der Waals surface area contributed by atoms with Gasteiger partial charge in [-0.25, -0.2) is 14.6 Å². The molecule has 0 bridgehead atoms. The lowest BCUT2D eigenvalue weighted by Crippen LogP contribution is -1.98. The largest absolute Gasteiger partial charge is 0.245 e. The molecule has 0 N–H and O–H groups in total. The molecule has 2 aromatic heterocycles. The Bertz CT molecular complexity index is 586. The molecule has 0 fully saturated rings. The maximum atomic E-state index is 4.29. The second-order valence-corrected chi connectivity index (χ2v) is 3.18. The van der Waals surface area contributed by atoms with Crippen LogP contribution in [-0.2, 0) is 0 Å². The minimum absolute atomic E-state index is 0.784. The molecule has 0 saturated carbocycles. The molecule has 0 atom stereocenters. The quantitative estimate of drug-likeness (QED) is 0.596. The highest BCUT2D eigenvalue weighted by Crippen LogP contribution is 2.15. The van der Waals surface area contributed by atoms with E-state index in [4.69, 9.17) is 0 Å². The molecule has 4 heteroatoms. The van der Waals surface area contributed by atoms with Gasteiger partial charge in [-0.15, -0.1) is 0 Å². The molecule has 3 rings (SSSR count). The van der Waals surface area contributed by atoms with Crippen molar-refractivity contribution in [1.82, 2.24) is 19.7 Å². The predicted molar refractivity (Wildman–Crippen MR) is 56.7 cm³/mol. The molecule has 4 nitrogen and oxygen atoms in total. The Morgan fingerprint density at radius 3 is 2.87 bits per heavy atom. The second-order valence-electron chi connectivity index (χ2n) is 3.18. The first kappa shape index (κ1) is 8.11. The molecule has 72 valence electrons. The van der Waals surface area contributed by atoms with Crippen molar-refractivity contribution in [3.8, 4) is 5.82 Å². The Labute approximate surface area is 86.2 Å². The molecule has 0 radical (unpaired) electrons. The molecular weight excluding hydrogens is 188 g/mol.